The van der Waals surface area contributed by atoms with Crippen molar-refractivity contribution in [2.24, 2.45) is 13.0 Å². The predicted molar refractivity (Wildman–Crippen MR) is 85.2 cm³/mol. The highest BCUT2D eigenvalue weighted by molar-refractivity contribution is 6.02. The van der Waals surface area contributed by atoms with Crippen molar-refractivity contribution in [3.8, 4) is 0 Å². The van der Waals surface area contributed by atoms with Crippen LogP contribution in [0.2, 0.25) is 0 Å². The SMILES string of the molecule is COC(=O)c1c(NC(=O)C2CC2c2ccccc2)c(C)nn1C. The number of esters is 1. The highest BCUT2D eigenvalue weighted by Crippen LogP contribution is 2.48. The summed E-state index contributed by atoms with van der Waals surface area (Å²) in [7, 11) is 2.96. The summed E-state index contributed by atoms with van der Waals surface area (Å²) in [4.78, 5) is 24.4. The second-order valence-electron chi connectivity index (χ2n) is 5.77. The molecule has 0 aliphatic heterocycles. The van der Waals surface area contributed by atoms with Crippen LogP contribution in [0, 0.1) is 12.8 Å². The second-order valence-corrected chi connectivity index (χ2v) is 5.77. The molecule has 1 N–H and O–H groups in total. The van der Waals surface area contributed by atoms with Gasteiger partial charge in [0, 0.05) is 13.0 Å². The minimum Gasteiger partial charge on any atom is -0.464 e. The minimum atomic E-state index is -0.515. The maximum Gasteiger partial charge on any atom is 0.358 e. The standard InChI is InChI=1S/C17H19N3O3/c1-10-14(15(17(22)23-3)20(2)19-10)18-16(21)13-9-12(13)11-7-5-4-6-8-11/h4-8,12-13H,9H2,1-3H3,(H,18,21). The van der Waals surface area contributed by atoms with Crippen LogP contribution in [0.4, 0.5) is 5.69 Å². The number of ether oxygens (including phenoxy) is 1. The van der Waals surface area contributed by atoms with Gasteiger partial charge in [0.15, 0.2) is 5.69 Å². The summed E-state index contributed by atoms with van der Waals surface area (Å²) in [6, 6.07) is 9.98. The minimum absolute atomic E-state index is 0.0671. The van der Waals surface area contributed by atoms with Crippen LogP contribution >= 0.6 is 0 Å². The Hall–Kier alpha value is -2.63. The summed E-state index contributed by atoms with van der Waals surface area (Å²) in [6.45, 7) is 1.75. The third-order valence-electron chi connectivity index (χ3n) is 4.20. The molecule has 1 aromatic heterocycles. The molecule has 120 valence electrons. The lowest BCUT2D eigenvalue weighted by atomic mass is 10.1. The van der Waals surface area contributed by atoms with Crippen LogP contribution < -0.4 is 5.32 Å². The van der Waals surface area contributed by atoms with Crippen molar-refractivity contribution in [3.63, 3.8) is 0 Å². The van der Waals surface area contributed by atoms with E-state index in [0.29, 0.717) is 11.4 Å². The van der Waals surface area contributed by atoms with Gasteiger partial charge in [-0.2, -0.15) is 5.10 Å². The maximum absolute atomic E-state index is 12.5. The average Bonchev–Trinajstić information content (AvgIpc) is 3.30. The molecule has 2 atom stereocenters. The molecular formula is C17H19N3O3. The Labute approximate surface area is 134 Å². The Kier molecular flexibility index (Phi) is 3.90. The Morgan fingerprint density at radius 3 is 2.65 bits per heavy atom. The van der Waals surface area contributed by atoms with Gasteiger partial charge in [0.05, 0.1) is 18.5 Å². The van der Waals surface area contributed by atoms with Crippen LogP contribution in [0.25, 0.3) is 0 Å². The summed E-state index contributed by atoms with van der Waals surface area (Å²) in [5, 5.41) is 7.04. The van der Waals surface area contributed by atoms with Crippen molar-refractivity contribution >= 4 is 17.6 Å². The topological polar surface area (TPSA) is 73.2 Å². The zero-order valence-corrected chi connectivity index (χ0v) is 13.4. The first-order valence-electron chi connectivity index (χ1n) is 7.50. The van der Waals surface area contributed by atoms with Gasteiger partial charge in [-0.1, -0.05) is 30.3 Å². The number of amides is 1. The maximum atomic E-state index is 12.5. The molecule has 1 fully saturated rings. The highest BCUT2D eigenvalue weighted by atomic mass is 16.5. The van der Waals surface area contributed by atoms with Crippen molar-refractivity contribution in [2.45, 2.75) is 19.3 Å². The van der Waals surface area contributed by atoms with Crippen molar-refractivity contribution in [2.75, 3.05) is 12.4 Å². The fourth-order valence-corrected chi connectivity index (χ4v) is 2.91. The number of hydrogen-bond acceptors (Lipinski definition) is 4. The van der Waals surface area contributed by atoms with Crippen LogP contribution in [-0.4, -0.2) is 28.8 Å². The number of rotatable bonds is 4. The summed E-state index contributed by atoms with van der Waals surface area (Å²) in [6.07, 6.45) is 0.822. The van der Waals surface area contributed by atoms with E-state index in [4.69, 9.17) is 4.74 Å². The van der Waals surface area contributed by atoms with Gasteiger partial charge in [0.1, 0.15) is 0 Å². The number of hydrogen-bond donors (Lipinski definition) is 1. The Morgan fingerprint density at radius 2 is 2.00 bits per heavy atom. The van der Waals surface area contributed by atoms with E-state index < -0.39 is 5.97 Å². The van der Waals surface area contributed by atoms with E-state index in [-0.39, 0.29) is 23.4 Å². The van der Waals surface area contributed by atoms with E-state index in [1.165, 1.54) is 17.4 Å². The van der Waals surface area contributed by atoms with Crippen molar-refractivity contribution in [1.82, 2.24) is 9.78 Å². The molecule has 1 aliphatic carbocycles. The van der Waals surface area contributed by atoms with Crippen LogP contribution in [0.3, 0.4) is 0 Å². The lowest BCUT2D eigenvalue weighted by Gasteiger charge is -2.07. The van der Waals surface area contributed by atoms with Crippen molar-refractivity contribution in [1.29, 1.82) is 0 Å². The number of nitrogens with one attached hydrogen (secondary N) is 1. The smallest absolute Gasteiger partial charge is 0.358 e. The molecule has 2 aromatic rings. The summed E-state index contributed by atoms with van der Waals surface area (Å²) in [5.74, 6) is -0.420. The van der Waals surface area contributed by atoms with E-state index in [1.807, 2.05) is 30.3 Å². The number of benzene rings is 1. The number of nitrogens with zero attached hydrogens (tertiary/aromatic N) is 2. The highest BCUT2D eigenvalue weighted by Gasteiger charge is 2.44. The normalized spacial score (nSPS) is 19.3. The van der Waals surface area contributed by atoms with E-state index >= 15 is 0 Å². The molecule has 23 heavy (non-hydrogen) atoms. The second kappa shape index (κ2) is 5.87. The number of carbonyl (C=O) groups excluding carboxylic acids is 2. The molecule has 1 aliphatic rings. The van der Waals surface area contributed by atoms with Crippen molar-refractivity contribution in [3.05, 3.63) is 47.3 Å². The number of aromatic nitrogens is 2. The Balaban J connectivity index is 1.76. The molecule has 3 rings (SSSR count). The first-order chi connectivity index (χ1) is 11.0. The zero-order valence-electron chi connectivity index (χ0n) is 13.4. The molecule has 6 nitrogen and oxygen atoms in total. The van der Waals surface area contributed by atoms with Gasteiger partial charge in [0.2, 0.25) is 5.91 Å². The van der Waals surface area contributed by atoms with Crippen LogP contribution in [0.5, 0.6) is 0 Å². The summed E-state index contributed by atoms with van der Waals surface area (Å²) in [5.41, 5.74) is 2.46. The lowest BCUT2D eigenvalue weighted by Crippen LogP contribution is -2.18. The number of methoxy groups -OCH3 is 1. The van der Waals surface area contributed by atoms with Gasteiger partial charge in [-0.05, 0) is 24.8 Å². The average molecular weight is 313 g/mol. The molecule has 6 heteroatoms. The molecule has 0 bridgehead atoms. The van der Waals surface area contributed by atoms with E-state index in [2.05, 4.69) is 10.4 Å². The molecule has 1 heterocycles. The molecule has 0 radical (unpaired) electrons. The molecule has 0 spiro atoms. The van der Waals surface area contributed by atoms with Gasteiger partial charge in [-0.15, -0.1) is 0 Å². The van der Waals surface area contributed by atoms with Gasteiger partial charge < -0.3 is 10.1 Å². The van der Waals surface area contributed by atoms with Crippen LogP contribution in [-0.2, 0) is 16.6 Å². The van der Waals surface area contributed by atoms with Gasteiger partial charge in [-0.25, -0.2) is 4.79 Å². The third-order valence-corrected chi connectivity index (χ3v) is 4.20. The molecule has 1 amide bonds. The monoisotopic (exact) mass is 313 g/mol. The third kappa shape index (κ3) is 2.84. The van der Waals surface area contributed by atoms with Gasteiger partial charge in [-0.3, -0.25) is 9.48 Å². The van der Waals surface area contributed by atoms with Gasteiger partial charge in [0.25, 0.3) is 0 Å². The quantitative estimate of drug-likeness (QED) is 0.879. The number of aryl methyl sites for hydroxylation is 2. The number of anilines is 1. The van der Waals surface area contributed by atoms with E-state index in [0.717, 1.165) is 6.42 Å². The summed E-state index contributed by atoms with van der Waals surface area (Å²) < 4.78 is 6.20. The summed E-state index contributed by atoms with van der Waals surface area (Å²) >= 11 is 0. The van der Waals surface area contributed by atoms with E-state index in [1.54, 1.807) is 14.0 Å². The molecule has 1 aromatic carbocycles. The largest absolute Gasteiger partial charge is 0.464 e. The molecule has 1 saturated carbocycles. The Morgan fingerprint density at radius 1 is 1.30 bits per heavy atom. The number of carbonyl (C=O) groups is 2. The molecule has 0 saturated heterocycles. The van der Waals surface area contributed by atoms with Crippen LogP contribution in [0.15, 0.2) is 30.3 Å². The van der Waals surface area contributed by atoms with Gasteiger partial charge >= 0.3 is 5.97 Å². The Bertz CT molecular complexity index is 752. The lowest BCUT2D eigenvalue weighted by molar-refractivity contribution is -0.117. The molecular weight excluding hydrogens is 294 g/mol. The first kappa shape index (κ1) is 15.3. The van der Waals surface area contributed by atoms with Crippen LogP contribution in [0.1, 0.15) is 34.1 Å². The zero-order chi connectivity index (χ0) is 16.6. The fourth-order valence-electron chi connectivity index (χ4n) is 2.91. The first-order valence-corrected chi connectivity index (χ1v) is 7.50. The fraction of sp³-hybridized carbons (Fsp3) is 0.353. The predicted octanol–water partition coefficient (Wildman–Crippen LogP) is 2.26. The molecule has 2 unspecified atom stereocenters. The van der Waals surface area contributed by atoms with E-state index in [9.17, 15) is 9.59 Å². The van der Waals surface area contributed by atoms with Crippen molar-refractivity contribution < 1.29 is 14.3 Å².